The highest BCUT2D eigenvalue weighted by molar-refractivity contribution is 6.30. The molecule has 0 fully saturated rings. The molecule has 4 rings (SSSR count). The smallest absolute Gasteiger partial charge is 0.269 e. The van der Waals surface area contributed by atoms with Crippen LogP contribution in [0.15, 0.2) is 48.5 Å². The molecule has 25 heavy (non-hydrogen) atoms. The predicted molar refractivity (Wildman–Crippen MR) is 92.8 cm³/mol. The van der Waals surface area contributed by atoms with E-state index in [2.05, 4.69) is 15.5 Å². The molecule has 2 aromatic carbocycles. The number of carbonyl (C=O) groups excluding carboxylic acids is 1. The van der Waals surface area contributed by atoms with Crippen LogP contribution in [0.3, 0.4) is 0 Å². The van der Waals surface area contributed by atoms with Gasteiger partial charge in [-0.3, -0.25) is 9.89 Å². The standard InChI is InChI=1S/C18H14ClN3O3/c19-13-3-1-2-12(7-13)14-8-15(22-21-14)18(23)20-9-11-4-5-16-17(6-11)25-10-24-16/h1-8H,9-10H2,(H,20,23)(H,21,22). The zero-order valence-corrected chi connectivity index (χ0v) is 13.8. The van der Waals surface area contributed by atoms with Crippen LogP contribution in [0.1, 0.15) is 16.1 Å². The van der Waals surface area contributed by atoms with Crippen molar-refractivity contribution >= 4 is 17.5 Å². The normalized spacial score (nSPS) is 12.2. The molecule has 7 heteroatoms. The van der Waals surface area contributed by atoms with Gasteiger partial charge < -0.3 is 14.8 Å². The van der Waals surface area contributed by atoms with Crippen molar-refractivity contribution in [2.45, 2.75) is 6.54 Å². The first-order chi connectivity index (χ1) is 12.2. The number of benzene rings is 2. The van der Waals surface area contributed by atoms with Crippen LogP contribution in [-0.4, -0.2) is 22.9 Å². The number of H-pyrrole nitrogens is 1. The number of nitrogens with zero attached hydrogens (tertiary/aromatic N) is 1. The number of rotatable bonds is 4. The van der Waals surface area contributed by atoms with Gasteiger partial charge in [-0.1, -0.05) is 29.8 Å². The van der Waals surface area contributed by atoms with Gasteiger partial charge in [0.25, 0.3) is 5.91 Å². The summed E-state index contributed by atoms with van der Waals surface area (Å²) in [6.45, 7) is 0.604. The molecule has 0 unspecified atom stereocenters. The second kappa shape index (κ2) is 6.49. The van der Waals surface area contributed by atoms with Crippen LogP contribution >= 0.6 is 11.6 Å². The molecule has 0 saturated heterocycles. The molecule has 1 amide bonds. The van der Waals surface area contributed by atoms with Crippen LogP contribution in [0.25, 0.3) is 11.3 Å². The Bertz CT molecular complexity index is 939. The first-order valence-electron chi connectivity index (χ1n) is 7.67. The van der Waals surface area contributed by atoms with Crippen molar-refractivity contribution in [3.8, 4) is 22.8 Å². The van der Waals surface area contributed by atoms with Crippen LogP contribution < -0.4 is 14.8 Å². The Morgan fingerprint density at radius 3 is 2.92 bits per heavy atom. The average molecular weight is 356 g/mol. The van der Waals surface area contributed by atoms with Crippen LogP contribution in [0.5, 0.6) is 11.5 Å². The van der Waals surface area contributed by atoms with Gasteiger partial charge in [-0.25, -0.2) is 0 Å². The number of amides is 1. The molecule has 2 N–H and O–H groups in total. The Balaban J connectivity index is 1.43. The number of fused-ring (bicyclic) bond motifs is 1. The molecule has 0 radical (unpaired) electrons. The van der Waals surface area contributed by atoms with E-state index in [1.54, 1.807) is 18.2 Å². The second-order valence-electron chi connectivity index (χ2n) is 5.55. The van der Waals surface area contributed by atoms with E-state index in [4.69, 9.17) is 21.1 Å². The fraction of sp³-hybridized carbons (Fsp3) is 0.111. The number of carbonyl (C=O) groups is 1. The van der Waals surface area contributed by atoms with E-state index in [-0.39, 0.29) is 12.7 Å². The van der Waals surface area contributed by atoms with E-state index in [9.17, 15) is 4.79 Å². The number of nitrogens with one attached hydrogen (secondary N) is 2. The van der Waals surface area contributed by atoms with Crippen LogP contribution in [0.2, 0.25) is 5.02 Å². The highest BCUT2D eigenvalue weighted by Gasteiger charge is 2.14. The molecule has 0 atom stereocenters. The fourth-order valence-electron chi connectivity index (χ4n) is 2.56. The lowest BCUT2D eigenvalue weighted by Gasteiger charge is -2.05. The summed E-state index contributed by atoms with van der Waals surface area (Å²) in [7, 11) is 0. The average Bonchev–Trinajstić information content (AvgIpc) is 3.28. The number of ether oxygens (including phenoxy) is 2. The largest absolute Gasteiger partial charge is 0.454 e. The Labute approximate surface area is 148 Å². The summed E-state index contributed by atoms with van der Waals surface area (Å²) in [5, 5.41) is 10.4. The quantitative estimate of drug-likeness (QED) is 0.752. The predicted octanol–water partition coefficient (Wildman–Crippen LogP) is 3.39. The third-order valence-corrected chi connectivity index (χ3v) is 4.07. The topological polar surface area (TPSA) is 76.2 Å². The minimum atomic E-state index is -0.238. The van der Waals surface area contributed by atoms with Crippen molar-refractivity contribution in [2.24, 2.45) is 0 Å². The van der Waals surface area contributed by atoms with Gasteiger partial charge in [0.15, 0.2) is 11.5 Å². The van der Waals surface area contributed by atoms with E-state index in [1.807, 2.05) is 30.3 Å². The summed E-state index contributed by atoms with van der Waals surface area (Å²) < 4.78 is 10.6. The summed E-state index contributed by atoms with van der Waals surface area (Å²) in [5.74, 6) is 1.17. The lowest BCUT2D eigenvalue weighted by Crippen LogP contribution is -2.23. The minimum Gasteiger partial charge on any atom is -0.454 e. The highest BCUT2D eigenvalue weighted by Crippen LogP contribution is 2.32. The van der Waals surface area contributed by atoms with Crippen LogP contribution in [0.4, 0.5) is 0 Å². The molecule has 0 aliphatic carbocycles. The van der Waals surface area contributed by atoms with E-state index in [0.29, 0.717) is 28.7 Å². The molecule has 0 spiro atoms. The molecule has 0 saturated carbocycles. The van der Waals surface area contributed by atoms with Gasteiger partial charge >= 0.3 is 0 Å². The maximum absolute atomic E-state index is 12.3. The van der Waals surface area contributed by atoms with E-state index in [1.165, 1.54) is 0 Å². The number of aromatic amines is 1. The van der Waals surface area contributed by atoms with Gasteiger partial charge in [0.1, 0.15) is 5.69 Å². The molecular formula is C18H14ClN3O3. The molecule has 2 heterocycles. The number of hydrogen-bond donors (Lipinski definition) is 2. The number of aromatic nitrogens is 2. The Kier molecular flexibility index (Phi) is 4.03. The zero-order chi connectivity index (χ0) is 17.2. The van der Waals surface area contributed by atoms with Crippen LogP contribution in [-0.2, 0) is 6.54 Å². The van der Waals surface area contributed by atoms with E-state index >= 15 is 0 Å². The molecule has 1 aliphatic rings. The van der Waals surface area contributed by atoms with E-state index < -0.39 is 0 Å². The van der Waals surface area contributed by atoms with Gasteiger partial charge in [-0.2, -0.15) is 5.10 Å². The maximum Gasteiger partial charge on any atom is 0.269 e. The third-order valence-electron chi connectivity index (χ3n) is 3.83. The van der Waals surface area contributed by atoms with Crippen molar-refractivity contribution in [1.82, 2.24) is 15.5 Å². The molecule has 6 nitrogen and oxygen atoms in total. The molecule has 126 valence electrons. The van der Waals surface area contributed by atoms with Crippen LogP contribution in [0, 0.1) is 0 Å². The summed E-state index contributed by atoms with van der Waals surface area (Å²) in [6.07, 6.45) is 0. The van der Waals surface area contributed by atoms with Crippen molar-refractivity contribution in [3.63, 3.8) is 0 Å². The summed E-state index contributed by atoms with van der Waals surface area (Å²) in [6, 6.07) is 14.6. The van der Waals surface area contributed by atoms with Gasteiger partial charge in [0.2, 0.25) is 6.79 Å². The lowest BCUT2D eigenvalue weighted by atomic mass is 10.1. The second-order valence-corrected chi connectivity index (χ2v) is 5.98. The summed E-state index contributed by atoms with van der Waals surface area (Å²) >= 11 is 5.99. The molecular weight excluding hydrogens is 342 g/mol. The molecule has 3 aromatic rings. The Morgan fingerprint density at radius 2 is 2.04 bits per heavy atom. The van der Waals surface area contributed by atoms with E-state index in [0.717, 1.165) is 16.9 Å². The van der Waals surface area contributed by atoms with Gasteiger partial charge in [-0.15, -0.1) is 0 Å². The Morgan fingerprint density at radius 1 is 1.16 bits per heavy atom. The van der Waals surface area contributed by atoms with Crippen molar-refractivity contribution in [1.29, 1.82) is 0 Å². The van der Waals surface area contributed by atoms with Crippen molar-refractivity contribution < 1.29 is 14.3 Å². The zero-order valence-electron chi connectivity index (χ0n) is 13.1. The van der Waals surface area contributed by atoms with Crippen molar-refractivity contribution in [3.05, 3.63) is 64.8 Å². The summed E-state index contributed by atoms with van der Waals surface area (Å²) in [4.78, 5) is 12.3. The molecule has 1 aromatic heterocycles. The van der Waals surface area contributed by atoms with Gasteiger partial charge in [0, 0.05) is 17.1 Å². The first kappa shape index (κ1) is 15.5. The summed E-state index contributed by atoms with van der Waals surface area (Å²) in [5.41, 5.74) is 2.82. The Hall–Kier alpha value is -2.99. The van der Waals surface area contributed by atoms with Crippen molar-refractivity contribution in [2.75, 3.05) is 6.79 Å². The molecule has 1 aliphatic heterocycles. The first-order valence-corrected chi connectivity index (χ1v) is 8.05. The SMILES string of the molecule is O=C(NCc1ccc2c(c1)OCO2)c1cc(-c2cccc(Cl)c2)n[nH]1. The number of halogens is 1. The monoisotopic (exact) mass is 355 g/mol. The third kappa shape index (κ3) is 3.29. The maximum atomic E-state index is 12.3. The minimum absolute atomic E-state index is 0.228. The fourth-order valence-corrected chi connectivity index (χ4v) is 2.75. The molecule has 0 bridgehead atoms. The van der Waals surface area contributed by atoms with Gasteiger partial charge in [-0.05, 0) is 35.9 Å². The number of hydrogen-bond acceptors (Lipinski definition) is 4. The lowest BCUT2D eigenvalue weighted by molar-refractivity contribution is 0.0946. The highest BCUT2D eigenvalue weighted by atomic mass is 35.5. The van der Waals surface area contributed by atoms with Gasteiger partial charge in [0.05, 0.1) is 5.69 Å².